The lowest BCUT2D eigenvalue weighted by atomic mass is 9.84. The van der Waals surface area contributed by atoms with Crippen LogP contribution >= 0.6 is 0 Å². The first-order valence-electron chi connectivity index (χ1n) is 12.7. The van der Waals surface area contributed by atoms with E-state index in [1.807, 2.05) is 84.9 Å². The maximum absolute atomic E-state index is 13.6. The molecule has 0 bridgehead atoms. The predicted octanol–water partition coefficient (Wildman–Crippen LogP) is 0.894. The maximum atomic E-state index is 13.6. The van der Waals surface area contributed by atoms with Gasteiger partial charge in [-0.2, -0.15) is 0 Å². The number of amides is 3. The first-order valence-corrected chi connectivity index (χ1v) is 12.7. The van der Waals surface area contributed by atoms with Gasteiger partial charge in [-0.25, -0.2) is 0 Å². The van der Waals surface area contributed by atoms with E-state index in [2.05, 4.69) is 21.3 Å². The molecular weight excluding hydrogens is 480 g/mol. The number of nitrogens with two attached hydrogens (primary N) is 2. The fourth-order valence-electron chi connectivity index (χ4n) is 5.20. The fraction of sp³-hybridized carbons (Fsp3) is 0.276. The molecule has 3 amide bonds. The van der Waals surface area contributed by atoms with Gasteiger partial charge in [-0.15, -0.1) is 0 Å². The molecule has 38 heavy (non-hydrogen) atoms. The van der Waals surface area contributed by atoms with Crippen molar-refractivity contribution in [3.63, 3.8) is 0 Å². The first kappa shape index (κ1) is 25.4. The zero-order chi connectivity index (χ0) is 26.7. The third kappa shape index (κ3) is 5.25. The van der Waals surface area contributed by atoms with E-state index >= 15 is 0 Å². The molecule has 3 aromatic rings. The summed E-state index contributed by atoms with van der Waals surface area (Å²) in [6.45, 7) is 0. The highest BCUT2D eigenvalue weighted by molar-refractivity contribution is 5.97. The first-order chi connectivity index (χ1) is 18.3. The van der Waals surface area contributed by atoms with Gasteiger partial charge in [0.05, 0.1) is 11.7 Å². The van der Waals surface area contributed by atoms with Gasteiger partial charge < -0.3 is 32.7 Å². The summed E-state index contributed by atoms with van der Waals surface area (Å²) in [7, 11) is 0. The molecule has 9 nitrogen and oxygen atoms in total. The van der Waals surface area contributed by atoms with Gasteiger partial charge in [0.2, 0.25) is 17.7 Å². The van der Waals surface area contributed by atoms with E-state index in [-0.39, 0.29) is 19.3 Å². The third-order valence-corrected chi connectivity index (χ3v) is 7.30. The second-order valence-electron chi connectivity index (χ2n) is 9.98. The van der Waals surface area contributed by atoms with E-state index < -0.39 is 47.6 Å². The minimum absolute atomic E-state index is 0.0417. The summed E-state index contributed by atoms with van der Waals surface area (Å²) < 4.78 is 0. The van der Waals surface area contributed by atoms with Crippen LogP contribution in [0.3, 0.4) is 0 Å². The number of fused-ring (bicyclic) bond motifs is 1. The molecule has 9 heteroatoms. The van der Waals surface area contributed by atoms with Crippen molar-refractivity contribution in [1.29, 1.82) is 0 Å². The highest BCUT2D eigenvalue weighted by Gasteiger charge is 2.46. The molecule has 2 aliphatic heterocycles. The van der Waals surface area contributed by atoms with Crippen LogP contribution in [0.5, 0.6) is 0 Å². The largest absolute Gasteiger partial charge is 0.368 e. The van der Waals surface area contributed by atoms with E-state index in [9.17, 15) is 14.4 Å². The zero-order valence-electron chi connectivity index (χ0n) is 20.9. The quantitative estimate of drug-likeness (QED) is 0.289. The summed E-state index contributed by atoms with van der Waals surface area (Å²) in [5, 5.41) is 11.8. The third-order valence-electron chi connectivity index (χ3n) is 7.30. The van der Waals surface area contributed by atoms with Crippen LogP contribution in [-0.2, 0) is 32.8 Å². The lowest BCUT2D eigenvalue weighted by molar-refractivity contribution is -0.130. The monoisotopic (exact) mass is 512 g/mol. The molecule has 2 heterocycles. The van der Waals surface area contributed by atoms with Crippen molar-refractivity contribution in [1.82, 2.24) is 16.0 Å². The van der Waals surface area contributed by atoms with Crippen molar-refractivity contribution >= 4 is 23.4 Å². The van der Waals surface area contributed by atoms with Crippen LogP contribution in [0.1, 0.15) is 23.1 Å². The minimum atomic E-state index is -1.12. The average Bonchev–Trinajstić information content (AvgIpc) is 3.18. The number of rotatable bonds is 6. The molecule has 0 radical (unpaired) electrons. The molecule has 196 valence electrons. The number of benzene rings is 3. The van der Waals surface area contributed by atoms with Gasteiger partial charge in [-0.05, 0) is 22.8 Å². The number of carbonyl (C=O) groups is 3. The Labute approximate surface area is 221 Å². The standard InChI is InChI=1S/C29H32N6O3/c30-28-29(31,20-13-7-8-14-21(20)35-28)17-24-27(38)33-22(15-18-9-3-1-4-10-18)25(36)32-23(26(37)34-24)16-19-11-5-2-6-12-19/h1-14,22-24,28,35H,15-17,30-31H2,(H,32,36)(H,33,38)(H,34,37)/t22-,23-,24+,28-,29-/m1/s1. The maximum Gasteiger partial charge on any atom is 0.243 e. The van der Waals surface area contributed by atoms with E-state index in [4.69, 9.17) is 11.5 Å². The second-order valence-corrected chi connectivity index (χ2v) is 9.98. The van der Waals surface area contributed by atoms with E-state index in [1.54, 1.807) is 0 Å². The van der Waals surface area contributed by atoms with Gasteiger partial charge in [0.15, 0.2) is 0 Å². The number of hydrogen-bond donors (Lipinski definition) is 6. The van der Waals surface area contributed by atoms with Crippen molar-refractivity contribution in [3.05, 3.63) is 102 Å². The van der Waals surface area contributed by atoms with Crippen LogP contribution in [-0.4, -0.2) is 42.0 Å². The van der Waals surface area contributed by atoms with Gasteiger partial charge in [0, 0.05) is 24.9 Å². The number of nitrogens with one attached hydrogen (secondary N) is 4. The van der Waals surface area contributed by atoms with Crippen molar-refractivity contribution in [2.45, 2.75) is 49.1 Å². The van der Waals surface area contributed by atoms with Gasteiger partial charge in [-0.3, -0.25) is 14.4 Å². The van der Waals surface area contributed by atoms with Gasteiger partial charge in [0.1, 0.15) is 18.1 Å². The Morgan fingerprint density at radius 1 is 0.605 bits per heavy atom. The van der Waals surface area contributed by atoms with Gasteiger partial charge in [-0.1, -0.05) is 78.9 Å². The SMILES string of the molecule is N[C@@H]1Nc2ccccc2[C@]1(N)C[C@@H]1NC(=O)[C@@H](Cc2ccccc2)NC(=O)[C@@H](Cc2ccccc2)NC1=O. The Hall–Kier alpha value is -4.21. The van der Waals surface area contributed by atoms with E-state index in [0.717, 1.165) is 22.4 Å². The van der Waals surface area contributed by atoms with Crippen molar-refractivity contribution in [3.8, 4) is 0 Å². The smallest absolute Gasteiger partial charge is 0.243 e. The van der Waals surface area contributed by atoms with Crippen molar-refractivity contribution in [2.24, 2.45) is 11.5 Å². The van der Waals surface area contributed by atoms with Crippen LogP contribution in [0.25, 0.3) is 0 Å². The lowest BCUT2D eigenvalue weighted by Gasteiger charge is -2.33. The Kier molecular flexibility index (Phi) is 7.13. The average molecular weight is 513 g/mol. The molecule has 0 spiro atoms. The Morgan fingerprint density at radius 3 is 1.61 bits per heavy atom. The Balaban J connectivity index is 1.46. The van der Waals surface area contributed by atoms with Crippen LogP contribution in [0.4, 0.5) is 5.69 Å². The molecule has 2 aliphatic rings. The summed E-state index contributed by atoms with van der Waals surface area (Å²) in [5.41, 5.74) is 15.4. The molecule has 0 aromatic heterocycles. The van der Waals surface area contributed by atoms with E-state index in [0.29, 0.717) is 0 Å². The fourth-order valence-corrected chi connectivity index (χ4v) is 5.20. The molecule has 5 rings (SSSR count). The molecule has 5 atom stereocenters. The Bertz CT molecular complexity index is 1280. The van der Waals surface area contributed by atoms with Crippen LogP contribution in [0.2, 0.25) is 0 Å². The summed E-state index contributed by atoms with van der Waals surface area (Å²) in [5.74, 6) is -1.37. The zero-order valence-corrected chi connectivity index (χ0v) is 20.9. The van der Waals surface area contributed by atoms with E-state index in [1.165, 1.54) is 0 Å². The summed E-state index contributed by atoms with van der Waals surface area (Å²) in [4.78, 5) is 40.5. The molecule has 1 fully saturated rings. The van der Waals surface area contributed by atoms with Crippen molar-refractivity contribution in [2.75, 3.05) is 5.32 Å². The highest BCUT2D eigenvalue weighted by Crippen LogP contribution is 2.38. The highest BCUT2D eigenvalue weighted by atomic mass is 16.2. The second kappa shape index (κ2) is 10.6. The number of anilines is 1. The van der Waals surface area contributed by atoms with Gasteiger partial charge >= 0.3 is 0 Å². The van der Waals surface area contributed by atoms with Crippen LogP contribution in [0, 0.1) is 0 Å². The molecule has 3 aromatic carbocycles. The molecule has 1 saturated heterocycles. The number of carbonyl (C=O) groups excluding carboxylic acids is 3. The summed E-state index contributed by atoms with van der Waals surface area (Å²) in [6.07, 6.45) is -0.0818. The normalized spacial score (nSPS) is 27.1. The summed E-state index contributed by atoms with van der Waals surface area (Å²) >= 11 is 0. The van der Waals surface area contributed by atoms with Crippen molar-refractivity contribution < 1.29 is 14.4 Å². The lowest BCUT2D eigenvalue weighted by Crippen LogP contribution is -2.59. The minimum Gasteiger partial charge on any atom is -0.368 e. The van der Waals surface area contributed by atoms with Gasteiger partial charge in [0.25, 0.3) is 0 Å². The topological polar surface area (TPSA) is 151 Å². The number of para-hydroxylation sites is 1. The van der Waals surface area contributed by atoms with Crippen LogP contribution in [0.15, 0.2) is 84.9 Å². The Morgan fingerprint density at radius 2 is 1.05 bits per heavy atom. The predicted molar refractivity (Wildman–Crippen MR) is 145 cm³/mol. The van der Waals surface area contributed by atoms with Crippen LogP contribution < -0.4 is 32.7 Å². The number of hydrogen-bond acceptors (Lipinski definition) is 6. The molecule has 0 aliphatic carbocycles. The molecular formula is C29H32N6O3. The molecule has 0 unspecified atom stereocenters. The summed E-state index contributed by atoms with van der Waals surface area (Å²) in [6, 6.07) is 23.5. The molecule has 8 N–H and O–H groups in total. The molecule has 0 saturated carbocycles.